The molecule has 1 aromatic heterocycles. The highest BCUT2D eigenvalue weighted by molar-refractivity contribution is 6.43. The van der Waals surface area contributed by atoms with Crippen molar-refractivity contribution in [2.45, 2.75) is 12.8 Å². The smallest absolute Gasteiger partial charge is 0.294 e. The first kappa shape index (κ1) is 22.6. The summed E-state index contributed by atoms with van der Waals surface area (Å²) in [4.78, 5) is 18.9. The Labute approximate surface area is 195 Å². The number of fused-ring (bicyclic) bond motifs is 1. The quantitative estimate of drug-likeness (QED) is 0.441. The predicted octanol–water partition coefficient (Wildman–Crippen LogP) is 4.23. The van der Waals surface area contributed by atoms with Crippen molar-refractivity contribution in [3.05, 3.63) is 56.8 Å². The summed E-state index contributed by atoms with van der Waals surface area (Å²) in [6, 6.07) is 10.7. The number of H-pyrrole nitrogens is 1. The van der Waals surface area contributed by atoms with Gasteiger partial charge in [-0.15, -0.1) is 0 Å². The number of pyridine rings is 1. The third-order valence-corrected chi connectivity index (χ3v) is 6.52. The minimum absolute atomic E-state index is 0.368. The standard InChI is InChI=1S/C23H25Cl2N3O4/c24-17-4-3-5-19(20(17)25)28-11-9-27(10-12-28)8-1-2-13-32-15-6-7-16-18(14-15)26-23(31)22(30)21(16)29/h3-7,14,30H,1-2,8-13H2,(H2,26,29,31). The Hall–Kier alpha value is -2.61. The summed E-state index contributed by atoms with van der Waals surface area (Å²) in [6.07, 6.45) is 1.91. The number of benzene rings is 2. The Balaban J connectivity index is 1.21. The van der Waals surface area contributed by atoms with Gasteiger partial charge < -0.3 is 24.8 Å². The van der Waals surface area contributed by atoms with Crippen LogP contribution in [-0.2, 0) is 0 Å². The number of hydrogen-bond acceptors (Lipinski definition) is 6. The lowest BCUT2D eigenvalue weighted by molar-refractivity contribution is 0.238. The maximum absolute atomic E-state index is 11.6. The number of aromatic nitrogens is 1. The van der Waals surface area contributed by atoms with Crippen LogP contribution in [0.15, 0.2) is 41.2 Å². The fraction of sp³-hybridized carbons (Fsp3) is 0.348. The highest BCUT2D eigenvalue weighted by Crippen LogP contribution is 2.33. The molecule has 3 N–H and O–H groups in total. The molecule has 1 saturated heterocycles. The van der Waals surface area contributed by atoms with Crippen molar-refractivity contribution >= 4 is 39.8 Å². The van der Waals surface area contributed by atoms with Gasteiger partial charge in [0, 0.05) is 37.6 Å². The maximum atomic E-state index is 11.6. The van der Waals surface area contributed by atoms with Crippen LogP contribution in [0.5, 0.6) is 17.2 Å². The molecule has 0 amide bonds. The Morgan fingerprint density at radius 2 is 1.78 bits per heavy atom. The Kier molecular flexibility index (Phi) is 6.98. The summed E-state index contributed by atoms with van der Waals surface area (Å²) in [6.45, 7) is 5.31. The molecule has 2 heterocycles. The zero-order chi connectivity index (χ0) is 22.7. The van der Waals surface area contributed by atoms with Crippen LogP contribution in [0.25, 0.3) is 10.9 Å². The van der Waals surface area contributed by atoms with E-state index in [0.717, 1.165) is 51.3 Å². The normalized spacial score (nSPS) is 14.8. The minimum Gasteiger partial charge on any atom is -0.504 e. The van der Waals surface area contributed by atoms with Gasteiger partial charge in [-0.05, 0) is 43.7 Å². The first-order chi connectivity index (χ1) is 15.4. The predicted molar refractivity (Wildman–Crippen MR) is 128 cm³/mol. The number of rotatable bonds is 7. The summed E-state index contributed by atoms with van der Waals surface area (Å²) in [5.41, 5.74) is 0.679. The SMILES string of the molecule is O=c1[nH]c2cc(OCCCCN3CCN(c4cccc(Cl)c4Cl)CC3)ccc2c(O)c1O. The number of aromatic hydroxyl groups is 2. The van der Waals surface area contributed by atoms with E-state index in [1.807, 2.05) is 12.1 Å². The molecule has 9 heteroatoms. The second kappa shape index (κ2) is 9.90. The van der Waals surface area contributed by atoms with E-state index in [1.54, 1.807) is 24.3 Å². The fourth-order valence-corrected chi connectivity index (χ4v) is 4.33. The highest BCUT2D eigenvalue weighted by atomic mass is 35.5. The van der Waals surface area contributed by atoms with Gasteiger partial charge in [0.05, 0.1) is 27.9 Å². The van der Waals surface area contributed by atoms with Crippen LogP contribution in [0.3, 0.4) is 0 Å². The van der Waals surface area contributed by atoms with Crippen molar-refractivity contribution in [1.82, 2.24) is 9.88 Å². The summed E-state index contributed by atoms with van der Waals surface area (Å²) in [7, 11) is 0. The minimum atomic E-state index is -0.732. The molecule has 3 aromatic rings. The van der Waals surface area contributed by atoms with Gasteiger partial charge in [-0.25, -0.2) is 0 Å². The number of nitrogens with zero attached hydrogens (tertiary/aromatic N) is 2. The summed E-state index contributed by atoms with van der Waals surface area (Å²) in [5.74, 6) is -0.499. The number of hydrogen-bond donors (Lipinski definition) is 3. The molecular formula is C23H25Cl2N3O4. The molecule has 0 atom stereocenters. The second-order valence-corrected chi connectivity index (χ2v) is 8.60. The molecule has 1 aliphatic rings. The number of halogens is 2. The van der Waals surface area contributed by atoms with Gasteiger partial charge in [-0.1, -0.05) is 29.3 Å². The lowest BCUT2D eigenvalue weighted by Crippen LogP contribution is -2.46. The number of unbranched alkanes of at least 4 members (excludes halogenated alkanes) is 1. The van der Waals surface area contributed by atoms with Crippen molar-refractivity contribution < 1.29 is 14.9 Å². The van der Waals surface area contributed by atoms with Crippen molar-refractivity contribution in [2.24, 2.45) is 0 Å². The topological polar surface area (TPSA) is 89.0 Å². The Bertz CT molecular complexity index is 1160. The van der Waals surface area contributed by atoms with E-state index in [2.05, 4.69) is 14.8 Å². The molecule has 0 radical (unpaired) electrons. The van der Waals surface area contributed by atoms with Crippen LogP contribution in [0.1, 0.15) is 12.8 Å². The zero-order valence-corrected chi connectivity index (χ0v) is 19.0. The van der Waals surface area contributed by atoms with E-state index in [9.17, 15) is 15.0 Å². The molecule has 2 aromatic carbocycles. The number of nitrogens with one attached hydrogen (secondary N) is 1. The Morgan fingerprint density at radius 3 is 2.56 bits per heavy atom. The average Bonchev–Trinajstić information content (AvgIpc) is 2.79. The zero-order valence-electron chi connectivity index (χ0n) is 17.5. The largest absolute Gasteiger partial charge is 0.504 e. The van der Waals surface area contributed by atoms with E-state index < -0.39 is 17.1 Å². The van der Waals surface area contributed by atoms with E-state index in [1.165, 1.54) is 0 Å². The van der Waals surface area contributed by atoms with E-state index in [-0.39, 0.29) is 0 Å². The molecular weight excluding hydrogens is 453 g/mol. The third kappa shape index (κ3) is 4.90. The number of anilines is 1. The third-order valence-electron chi connectivity index (χ3n) is 5.72. The van der Waals surface area contributed by atoms with Crippen LogP contribution in [0.2, 0.25) is 10.0 Å². The summed E-state index contributed by atoms with van der Waals surface area (Å²) >= 11 is 12.5. The van der Waals surface area contributed by atoms with Crippen molar-refractivity contribution in [2.75, 3.05) is 44.2 Å². The van der Waals surface area contributed by atoms with Crippen LogP contribution in [0.4, 0.5) is 5.69 Å². The highest BCUT2D eigenvalue weighted by Gasteiger charge is 2.19. The first-order valence-corrected chi connectivity index (χ1v) is 11.3. The van der Waals surface area contributed by atoms with Gasteiger partial charge >= 0.3 is 0 Å². The molecule has 0 bridgehead atoms. The van der Waals surface area contributed by atoms with Gasteiger partial charge in [0.25, 0.3) is 5.56 Å². The van der Waals surface area contributed by atoms with Gasteiger partial charge in [0.2, 0.25) is 5.75 Å². The monoisotopic (exact) mass is 477 g/mol. The van der Waals surface area contributed by atoms with Gasteiger partial charge in [-0.2, -0.15) is 0 Å². The van der Waals surface area contributed by atoms with Crippen molar-refractivity contribution in [1.29, 1.82) is 0 Å². The van der Waals surface area contributed by atoms with Gasteiger partial charge in [0.15, 0.2) is 5.75 Å². The lowest BCUT2D eigenvalue weighted by Gasteiger charge is -2.36. The molecule has 1 aliphatic heterocycles. The molecule has 7 nitrogen and oxygen atoms in total. The van der Waals surface area contributed by atoms with E-state index in [0.29, 0.717) is 33.3 Å². The van der Waals surface area contributed by atoms with Gasteiger partial charge in [0.1, 0.15) is 5.75 Å². The summed E-state index contributed by atoms with van der Waals surface area (Å²) in [5, 5.41) is 21.0. The van der Waals surface area contributed by atoms with Crippen LogP contribution in [-0.4, -0.2) is 59.4 Å². The van der Waals surface area contributed by atoms with Gasteiger partial charge in [-0.3, -0.25) is 9.69 Å². The second-order valence-electron chi connectivity index (χ2n) is 7.82. The van der Waals surface area contributed by atoms with Crippen LogP contribution in [0, 0.1) is 0 Å². The molecule has 0 saturated carbocycles. The van der Waals surface area contributed by atoms with Crippen LogP contribution >= 0.6 is 23.2 Å². The average molecular weight is 478 g/mol. The number of piperazine rings is 1. The molecule has 4 rings (SSSR count). The van der Waals surface area contributed by atoms with Crippen molar-refractivity contribution in [3.63, 3.8) is 0 Å². The Morgan fingerprint density at radius 1 is 1.00 bits per heavy atom. The fourth-order valence-electron chi connectivity index (χ4n) is 3.92. The van der Waals surface area contributed by atoms with Crippen molar-refractivity contribution in [3.8, 4) is 17.2 Å². The molecule has 0 aliphatic carbocycles. The molecule has 170 valence electrons. The summed E-state index contributed by atoms with van der Waals surface area (Å²) < 4.78 is 5.79. The van der Waals surface area contributed by atoms with E-state index >= 15 is 0 Å². The molecule has 0 spiro atoms. The molecule has 1 fully saturated rings. The molecule has 32 heavy (non-hydrogen) atoms. The lowest BCUT2D eigenvalue weighted by atomic mass is 10.2. The van der Waals surface area contributed by atoms with Crippen LogP contribution < -0.4 is 15.2 Å². The first-order valence-electron chi connectivity index (χ1n) is 10.6. The molecule has 0 unspecified atom stereocenters. The number of ether oxygens (including phenoxy) is 1. The maximum Gasteiger partial charge on any atom is 0.294 e. The number of aromatic amines is 1. The van der Waals surface area contributed by atoms with E-state index in [4.69, 9.17) is 27.9 Å².